The first-order chi connectivity index (χ1) is 19.3. The molecular formula is C36H25BrN2. The lowest BCUT2D eigenvalue weighted by molar-refractivity contribution is 1.18. The van der Waals surface area contributed by atoms with Gasteiger partial charge < -0.3 is 9.88 Å². The molecule has 1 heterocycles. The summed E-state index contributed by atoms with van der Waals surface area (Å²) >= 11 is 3.70. The molecule has 0 spiro atoms. The van der Waals surface area contributed by atoms with Crippen LogP contribution in [0.4, 0.5) is 11.4 Å². The van der Waals surface area contributed by atoms with Crippen molar-refractivity contribution in [2.75, 3.05) is 5.32 Å². The number of nitrogens with zero attached hydrogens (tertiary/aromatic N) is 1. The van der Waals surface area contributed by atoms with Crippen molar-refractivity contribution in [3.8, 4) is 27.9 Å². The minimum Gasteiger partial charge on any atom is -0.355 e. The maximum Gasteiger partial charge on any atom is 0.0541 e. The first kappa shape index (κ1) is 23.5. The van der Waals surface area contributed by atoms with Crippen LogP contribution in [0.15, 0.2) is 150 Å². The van der Waals surface area contributed by atoms with E-state index in [4.69, 9.17) is 0 Å². The molecular weight excluding hydrogens is 540 g/mol. The van der Waals surface area contributed by atoms with Crippen LogP contribution >= 0.6 is 15.9 Å². The highest BCUT2D eigenvalue weighted by Gasteiger charge is 2.12. The topological polar surface area (TPSA) is 17.0 Å². The molecule has 6 aromatic carbocycles. The number of fused-ring (bicyclic) bond motifs is 3. The number of aromatic nitrogens is 1. The van der Waals surface area contributed by atoms with Gasteiger partial charge in [0.2, 0.25) is 0 Å². The fraction of sp³-hybridized carbons (Fsp3) is 0. The molecule has 7 rings (SSSR count). The summed E-state index contributed by atoms with van der Waals surface area (Å²) in [5.41, 5.74) is 10.5. The number of halogens is 1. The molecule has 0 saturated heterocycles. The van der Waals surface area contributed by atoms with Crippen molar-refractivity contribution in [3.63, 3.8) is 0 Å². The molecule has 0 fully saturated rings. The molecule has 39 heavy (non-hydrogen) atoms. The lowest BCUT2D eigenvalue weighted by atomic mass is 10.0. The van der Waals surface area contributed by atoms with Crippen molar-refractivity contribution in [2.45, 2.75) is 0 Å². The van der Waals surface area contributed by atoms with Crippen LogP contribution in [-0.4, -0.2) is 4.57 Å². The fourth-order valence-corrected chi connectivity index (χ4v) is 5.91. The van der Waals surface area contributed by atoms with E-state index in [-0.39, 0.29) is 0 Å². The first-order valence-electron chi connectivity index (χ1n) is 13.1. The predicted molar refractivity (Wildman–Crippen MR) is 169 cm³/mol. The number of benzene rings is 6. The average Bonchev–Trinajstić information content (AvgIpc) is 3.33. The summed E-state index contributed by atoms with van der Waals surface area (Å²) < 4.78 is 3.43. The maximum absolute atomic E-state index is 3.70. The molecule has 186 valence electrons. The predicted octanol–water partition coefficient (Wildman–Crippen LogP) is 10.6. The third-order valence-corrected chi connectivity index (χ3v) is 7.99. The van der Waals surface area contributed by atoms with E-state index in [1.54, 1.807) is 0 Å². The maximum atomic E-state index is 3.70. The van der Waals surface area contributed by atoms with Crippen molar-refractivity contribution in [2.24, 2.45) is 0 Å². The molecule has 0 aliphatic heterocycles. The minimum atomic E-state index is 1.06. The van der Waals surface area contributed by atoms with E-state index in [0.29, 0.717) is 0 Å². The summed E-state index contributed by atoms with van der Waals surface area (Å²) in [4.78, 5) is 0. The Morgan fingerprint density at radius 2 is 0.974 bits per heavy atom. The van der Waals surface area contributed by atoms with Gasteiger partial charge in [0.05, 0.1) is 11.0 Å². The Kier molecular flexibility index (Phi) is 5.99. The number of rotatable bonds is 5. The molecule has 0 radical (unpaired) electrons. The average molecular weight is 566 g/mol. The lowest BCUT2D eigenvalue weighted by Gasteiger charge is -2.14. The quantitative estimate of drug-likeness (QED) is 0.220. The van der Waals surface area contributed by atoms with Gasteiger partial charge in [-0.25, -0.2) is 0 Å². The van der Waals surface area contributed by atoms with Crippen LogP contribution < -0.4 is 5.32 Å². The van der Waals surface area contributed by atoms with E-state index in [1.807, 2.05) is 6.07 Å². The fourth-order valence-electron chi connectivity index (χ4n) is 5.41. The van der Waals surface area contributed by atoms with Gasteiger partial charge in [-0.05, 0) is 65.2 Å². The van der Waals surface area contributed by atoms with Crippen molar-refractivity contribution in [1.29, 1.82) is 0 Å². The highest BCUT2D eigenvalue weighted by Crippen LogP contribution is 2.36. The SMILES string of the molecule is Brc1ccccc1-c1ccccc1Nc1ccc(-c2ccc(-n3c4ccccc4c4ccccc43)cc2)cc1. The Morgan fingerprint density at radius 1 is 0.462 bits per heavy atom. The zero-order chi connectivity index (χ0) is 26.2. The molecule has 0 saturated carbocycles. The minimum absolute atomic E-state index is 1.06. The van der Waals surface area contributed by atoms with Gasteiger partial charge in [-0.2, -0.15) is 0 Å². The Hall–Kier alpha value is -4.60. The summed E-state index contributed by atoms with van der Waals surface area (Å²) in [7, 11) is 0. The Labute approximate surface area is 236 Å². The van der Waals surface area contributed by atoms with Crippen LogP contribution in [0.2, 0.25) is 0 Å². The summed E-state index contributed by atoms with van der Waals surface area (Å²) in [5, 5.41) is 6.17. The molecule has 0 unspecified atom stereocenters. The molecule has 0 bridgehead atoms. The van der Waals surface area contributed by atoms with Crippen LogP contribution in [0.3, 0.4) is 0 Å². The molecule has 7 aromatic rings. The smallest absolute Gasteiger partial charge is 0.0541 e. The van der Waals surface area contributed by atoms with Gasteiger partial charge in [-0.3, -0.25) is 0 Å². The van der Waals surface area contributed by atoms with Crippen LogP contribution in [0.25, 0.3) is 49.7 Å². The third-order valence-electron chi connectivity index (χ3n) is 7.29. The van der Waals surface area contributed by atoms with E-state index in [1.165, 1.54) is 38.5 Å². The summed E-state index contributed by atoms with van der Waals surface area (Å²) in [6.07, 6.45) is 0. The van der Waals surface area contributed by atoms with Gasteiger partial charge in [0.1, 0.15) is 0 Å². The van der Waals surface area contributed by atoms with Gasteiger partial charge in [0.15, 0.2) is 0 Å². The molecule has 0 atom stereocenters. The highest BCUT2D eigenvalue weighted by molar-refractivity contribution is 9.10. The molecule has 0 amide bonds. The van der Waals surface area contributed by atoms with Crippen LogP contribution in [-0.2, 0) is 0 Å². The number of anilines is 2. The largest absolute Gasteiger partial charge is 0.355 e. The van der Waals surface area contributed by atoms with Crippen molar-refractivity contribution in [1.82, 2.24) is 4.57 Å². The summed E-state index contributed by atoms with van der Waals surface area (Å²) in [6.45, 7) is 0. The number of nitrogens with one attached hydrogen (secondary N) is 1. The Balaban J connectivity index is 1.17. The molecule has 3 heteroatoms. The second-order valence-electron chi connectivity index (χ2n) is 9.64. The van der Waals surface area contributed by atoms with Crippen LogP contribution in [0.1, 0.15) is 0 Å². The van der Waals surface area contributed by atoms with Crippen LogP contribution in [0, 0.1) is 0 Å². The van der Waals surface area contributed by atoms with E-state index < -0.39 is 0 Å². The van der Waals surface area contributed by atoms with E-state index in [0.717, 1.165) is 27.1 Å². The second-order valence-corrected chi connectivity index (χ2v) is 10.5. The molecule has 2 nitrogen and oxygen atoms in total. The van der Waals surface area contributed by atoms with Gasteiger partial charge in [0, 0.05) is 37.9 Å². The van der Waals surface area contributed by atoms with Gasteiger partial charge in [-0.1, -0.05) is 113 Å². The van der Waals surface area contributed by atoms with Crippen LogP contribution in [0.5, 0.6) is 0 Å². The van der Waals surface area contributed by atoms with E-state index in [2.05, 4.69) is 165 Å². The normalized spacial score (nSPS) is 11.2. The van der Waals surface area contributed by atoms with E-state index in [9.17, 15) is 0 Å². The molecule has 1 N–H and O–H groups in total. The van der Waals surface area contributed by atoms with E-state index >= 15 is 0 Å². The molecule has 1 aromatic heterocycles. The molecule has 0 aliphatic rings. The number of hydrogen-bond acceptors (Lipinski definition) is 1. The van der Waals surface area contributed by atoms with Crippen molar-refractivity contribution in [3.05, 3.63) is 150 Å². The third kappa shape index (κ3) is 4.31. The number of hydrogen-bond donors (Lipinski definition) is 1. The van der Waals surface area contributed by atoms with Gasteiger partial charge in [-0.15, -0.1) is 0 Å². The first-order valence-corrected chi connectivity index (χ1v) is 13.9. The molecule has 0 aliphatic carbocycles. The summed E-state index contributed by atoms with van der Waals surface area (Å²) in [5.74, 6) is 0. The Bertz CT molecular complexity index is 1880. The lowest BCUT2D eigenvalue weighted by Crippen LogP contribution is -1.94. The van der Waals surface area contributed by atoms with Crippen molar-refractivity contribution < 1.29 is 0 Å². The zero-order valence-electron chi connectivity index (χ0n) is 21.2. The summed E-state index contributed by atoms with van der Waals surface area (Å²) in [6, 6.07) is 51.5. The standard InChI is InChI=1S/C36H25BrN2/c37-33-13-5-1-9-29(33)30-10-2-6-14-34(30)38-27-21-17-25(18-22-27)26-19-23-28(24-20-26)39-35-15-7-3-11-31(35)32-12-4-8-16-36(32)39/h1-24,38H. The highest BCUT2D eigenvalue weighted by atomic mass is 79.9. The zero-order valence-corrected chi connectivity index (χ0v) is 22.8. The monoisotopic (exact) mass is 564 g/mol. The Morgan fingerprint density at radius 3 is 1.62 bits per heavy atom. The number of para-hydroxylation sites is 3. The van der Waals surface area contributed by atoms with Gasteiger partial charge >= 0.3 is 0 Å². The van der Waals surface area contributed by atoms with Gasteiger partial charge in [0.25, 0.3) is 0 Å². The second kappa shape index (κ2) is 9.94. The van der Waals surface area contributed by atoms with Crippen molar-refractivity contribution >= 4 is 49.1 Å².